The summed E-state index contributed by atoms with van der Waals surface area (Å²) in [6, 6.07) is 13.2. The molecule has 0 atom stereocenters. The molecule has 0 spiro atoms. The topological polar surface area (TPSA) is 71.1 Å². The van der Waals surface area contributed by atoms with Gasteiger partial charge in [-0.15, -0.1) is 0 Å². The molecular formula is C19H20O6. The predicted octanol–water partition coefficient (Wildman–Crippen LogP) is 3.24. The van der Waals surface area contributed by atoms with Crippen LogP contribution in [0, 0.1) is 0 Å². The minimum atomic E-state index is -0.597. The molecule has 0 radical (unpaired) electrons. The molecule has 6 nitrogen and oxygen atoms in total. The summed E-state index contributed by atoms with van der Waals surface area (Å²) < 4.78 is 20.8. The van der Waals surface area contributed by atoms with Crippen molar-refractivity contribution in [1.82, 2.24) is 0 Å². The van der Waals surface area contributed by atoms with Gasteiger partial charge in [-0.05, 0) is 44.2 Å². The zero-order valence-corrected chi connectivity index (χ0v) is 14.4. The number of carbonyl (C=O) groups is 2. The maximum Gasteiger partial charge on any atom is 0.349 e. The summed E-state index contributed by atoms with van der Waals surface area (Å²) in [7, 11) is 1.52. The first kappa shape index (κ1) is 18.3. The molecule has 0 amide bonds. The summed E-state index contributed by atoms with van der Waals surface area (Å²) in [6.45, 7) is 3.23. The van der Waals surface area contributed by atoms with E-state index in [1.807, 2.05) is 0 Å². The average Bonchev–Trinajstić information content (AvgIpc) is 2.60. The third-order valence-corrected chi connectivity index (χ3v) is 3.06. The van der Waals surface area contributed by atoms with Crippen molar-refractivity contribution in [3.05, 3.63) is 54.1 Å². The summed E-state index contributed by atoms with van der Waals surface area (Å²) in [6.07, 6.45) is -0.229. The van der Waals surface area contributed by atoms with Gasteiger partial charge in [0.2, 0.25) is 0 Å². The highest BCUT2D eigenvalue weighted by Crippen LogP contribution is 2.25. The van der Waals surface area contributed by atoms with E-state index in [2.05, 4.69) is 0 Å². The molecule has 2 aromatic rings. The molecule has 0 aliphatic carbocycles. The second-order valence-electron chi connectivity index (χ2n) is 5.40. The molecule has 2 aromatic carbocycles. The van der Waals surface area contributed by atoms with Gasteiger partial charge in [-0.25, -0.2) is 9.59 Å². The van der Waals surface area contributed by atoms with E-state index >= 15 is 0 Å². The summed E-state index contributed by atoms with van der Waals surface area (Å²) in [5, 5.41) is 0. The zero-order valence-electron chi connectivity index (χ0n) is 14.4. The molecule has 6 heteroatoms. The Balaban J connectivity index is 1.95. The molecule has 0 bridgehead atoms. The zero-order chi connectivity index (χ0) is 18.2. The average molecular weight is 344 g/mol. The van der Waals surface area contributed by atoms with Gasteiger partial charge in [0.05, 0.1) is 18.8 Å². The molecule has 2 rings (SSSR count). The first-order chi connectivity index (χ1) is 12.0. The summed E-state index contributed by atoms with van der Waals surface area (Å²) in [5.41, 5.74) is 0.310. The van der Waals surface area contributed by atoms with Gasteiger partial charge in [-0.3, -0.25) is 0 Å². The minimum Gasteiger partial charge on any atom is -0.493 e. The van der Waals surface area contributed by atoms with Crippen molar-refractivity contribution in [1.29, 1.82) is 0 Å². The lowest BCUT2D eigenvalue weighted by atomic mass is 10.2. The van der Waals surface area contributed by atoms with Crippen LogP contribution < -0.4 is 14.2 Å². The Kier molecular flexibility index (Phi) is 6.39. The van der Waals surface area contributed by atoms with Crippen LogP contribution in [0.5, 0.6) is 17.2 Å². The number of carbonyl (C=O) groups excluding carboxylic acids is 2. The fourth-order valence-electron chi connectivity index (χ4n) is 2.00. The van der Waals surface area contributed by atoms with E-state index in [1.54, 1.807) is 56.3 Å². The Labute approximate surface area is 146 Å². The van der Waals surface area contributed by atoms with Gasteiger partial charge in [0, 0.05) is 0 Å². The monoisotopic (exact) mass is 344 g/mol. The Morgan fingerprint density at radius 3 is 2.40 bits per heavy atom. The Hall–Kier alpha value is -3.02. The first-order valence-corrected chi connectivity index (χ1v) is 7.77. The Morgan fingerprint density at radius 1 is 1.00 bits per heavy atom. The molecular weight excluding hydrogens is 324 g/mol. The molecule has 25 heavy (non-hydrogen) atoms. The van der Waals surface area contributed by atoms with E-state index < -0.39 is 11.9 Å². The van der Waals surface area contributed by atoms with Crippen LogP contribution in [0.25, 0.3) is 0 Å². The quantitative estimate of drug-likeness (QED) is 0.567. The standard InChI is InChI=1S/C19H20O6/c1-13(2)24-19(21)14-7-6-8-15(11-14)25-18(20)12-23-17-10-5-4-9-16(17)22-3/h4-11,13H,12H2,1-3H3. The van der Waals surface area contributed by atoms with E-state index in [1.165, 1.54) is 13.2 Å². The van der Waals surface area contributed by atoms with Crippen LogP contribution in [0.4, 0.5) is 0 Å². The van der Waals surface area contributed by atoms with E-state index in [9.17, 15) is 9.59 Å². The van der Waals surface area contributed by atoms with Gasteiger partial charge in [-0.2, -0.15) is 0 Å². The van der Waals surface area contributed by atoms with E-state index in [0.717, 1.165) is 0 Å². The second-order valence-corrected chi connectivity index (χ2v) is 5.40. The maximum absolute atomic E-state index is 11.9. The van der Waals surface area contributed by atoms with Crippen molar-refractivity contribution >= 4 is 11.9 Å². The highest BCUT2D eigenvalue weighted by atomic mass is 16.6. The molecule has 0 aromatic heterocycles. The van der Waals surface area contributed by atoms with Crippen molar-refractivity contribution < 1.29 is 28.5 Å². The molecule has 0 aliphatic rings. The summed E-state index contributed by atoms with van der Waals surface area (Å²) in [5.74, 6) is 0.134. The molecule has 0 unspecified atom stereocenters. The number of para-hydroxylation sites is 2. The lowest BCUT2D eigenvalue weighted by molar-refractivity contribution is -0.136. The largest absolute Gasteiger partial charge is 0.493 e. The van der Waals surface area contributed by atoms with E-state index in [4.69, 9.17) is 18.9 Å². The van der Waals surface area contributed by atoms with Gasteiger partial charge in [0.25, 0.3) is 0 Å². The molecule has 0 fully saturated rings. The van der Waals surface area contributed by atoms with Gasteiger partial charge >= 0.3 is 11.9 Å². The van der Waals surface area contributed by atoms with Crippen LogP contribution in [-0.2, 0) is 9.53 Å². The van der Waals surface area contributed by atoms with E-state index in [-0.39, 0.29) is 18.5 Å². The van der Waals surface area contributed by atoms with Crippen molar-refractivity contribution in [2.75, 3.05) is 13.7 Å². The molecule has 132 valence electrons. The number of hydrogen-bond acceptors (Lipinski definition) is 6. The number of hydrogen-bond donors (Lipinski definition) is 0. The molecule has 0 aliphatic heterocycles. The minimum absolute atomic E-state index is 0.229. The Bertz CT molecular complexity index is 738. The third kappa shape index (κ3) is 5.53. The summed E-state index contributed by atoms with van der Waals surface area (Å²) >= 11 is 0. The number of benzene rings is 2. The van der Waals surface area contributed by atoms with Gasteiger partial charge in [0.1, 0.15) is 5.75 Å². The van der Waals surface area contributed by atoms with Crippen molar-refractivity contribution in [3.8, 4) is 17.2 Å². The van der Waals surface area contributed by atoms with Crippen LogP contribution in [0.2, 0.25) is 0 Å². The van der Waals surface area contributed by atoms with Crippen LogP contribution in [0.3, 0.4) is 0 Å². The number of esters is 2. The van der Waals surface area contributed by atoms with Crippen molar-refractivity contribution in [2.45, 2.75) is 20.0 Å². The van der Waals surface area contributed by atoms with Gasteiger partial charge < -0.3 is 18.9 Å². The normalized spacial score (nSPS) is 10.2. The van der Waals surface area contributed by atoms with Gasteiger partial charge in [-0.1, -0.05) is 18.2 Å². The van der Waals surface area contributed by atoms with E-state index in [0.29, 0.717) is 17.1 Å². The molecule has 0 heterocycles. The smallest absolute Gasteiger partial charge is 0.349 e. The number of methoxy groups -OCH3 is 1. The lowest BCUT2D eigenvalue weighted by Gasteiger charge is -2.11. The second kappa shape index (κ2) is 8.73. The van der Waals surface area contributed by atoms with Crippen LogP contribution in [0.15, 0.2) is 48.5 Å². The lowest BCUT2D eigenvalue weighted by Crippen LogP contribution is -2.18. The maximum atomic E-state index is 11.9. The van der Waals surface area contributed by atoms with Crippen molar-refractivity contribution in [2.24, 2.45) is 0 Å². The molecule has 0 saturated heterocycles. The Morgan fingerprint density at radius 2 is 1.72 bits per heavy atom. The first-order valence-electron chi connectivity index (χ1n) is 7.77. The predicted molar refractivity (Wildman–Crippen MR) is 91.1 cm³/mol. The number of rotatable bonds is 7. The highest BCUT2D eigenvalue weighted by molar-refractivity contribution is 5.90. The fraction of sp³-hybridized carbons (Fsp3) is 0.263. The SMILES string of the molecule is COc1ccccc1OCC(=O)Oc1cccc(C(=O)OC(C)C)c1. The van der Waals surface area contributed by atoms with Gasteiger partial charge in [0.15, 0.2) is 18.1 Å². The van der Waals surface area contributed by atoms with Crippen LogP contribution >= 0.6 is 0 Å². The van der Waals surface area contributed by atoms with Crippen LogP contribution in [0.1, 0.15) is 24.2 Å². The molecule has 0 N–H and O–H groups in total. The molecule has 0 saturated carbocycles. The number of ether oxygens (including phenoxy) is 4. The highest BCUT2D eigenvalue weighted by Gasteiger charge is 2.13. The van der Waals surface area contributed by atoms with Crippen molar-refractivity contribution in [3.63, 3.8) is 0 Å². The summed E-state index contributed by atoms with van der Waals surface area (Å²) in [4.78, 5) is 23.8. The third-order valence-electron chi connectivity index (χ3n) is 3.06. The fourth-order valence-corrected chi connectivity index (χ4v) is 2.00. The van der Waals surface area contributed by atoms with Crippen LogP contribution in [-0.4, -0.2) is 31.8 Å².